The van der Waals surface area contributed by atoms with E-state index in [0.717, 1.165) is 6.20 Å². The number of nitro groups is 1. The first kappa shape index (κ1) is 11.2. The van der Waals surface area contributed by atoms with Gasteiger partial charge in [0.1, 0.15) is 11.8 Å². The normalized spacial score (nSPS) is 10.4. The minimum absolute atomic E-state index is 0.0499. The van der Waals surface area contributed by atoms with Crippen LogP contribution in [-0.2, 0) is 0 Å². The van der Waals surface area contributed by atoms with Crippen LogP contribution in [0, 0.1) is 17.0 Å². The number of hydrogen-bond donors (Lipinski definition) is 0. The van der Waals surface area contributed by atoms with Crippen LogP contribution in [0.4, 0.5) is 14.5 Å². The summed E-state index contributed by atoms with van der Waals surface area (Å²) in [5.74, 6) is 0. The molecule has 0 saturated carbocycles. The topological polar surface area (TPSA) is 73.1 Å². The van der Waals surface area contributed by atoms with Crippen LogP contribution in [0.25, 0.3) is 0 Å². The summed E-state index contributed by atoms with van der Waals surface area (Å²) in [4.78, 5) is 23.5. The lowest BCUT2D eigenvalue weighted by molar-refractivity contribution is -0.385. The number of aryl methyl sites for hydroxylation is 1. The standard InChI is InChI=1S/C8H6F2N2O3/c1-4-7(8(9)10)5(3-13)6(2-11-4)12(14)15/h2-3,8H,1H3. The third-order valence-corrected chi connectivity index (χ3v) is 1.87. The van der Waals surface area contributed by atoms with E-state index in [4.69, 9.17) is 0 Å². The van der Waals surface area contributed by atoms with Crippen LogP contribution in [-0.4, -0.2) is 16.2 Å². The minimum Gasteiger partial charge on any atom is -0.298 e. The number of halogens is 2. The second-order valence-electron chi connectivity index (χ2n) is 2.73. The Labute approximate surface area is 82.9 Å². The minimum atomic E-state index is -2.96. The van der Waals surface area contributed by atoms with Gasteiger partial charge in [0, 0.05) is 5.69 Å². The van der Waals surface area contributed by atoms with Crippen molar-refractivity contribution in [2.75, 3.05) is 0 Å². The van der Waals surface area contributed by atoms with E-state index >= 15 is 0 Å². The van der Waals surface area contributed by atoms with Gasteiger partial charge in [0.25, 0.3) is 12.1 Å². The maximum Gasteiger partial charge on any atom is 0.298 e. The molecule has 0 aliphatic carbocycles. The molecular weight excluding hydrogens is 210 g/mol. The Bertz CT molecular complexity index is 421. The summed E-state index contributed by atoms with van der Waals surface area (Å²) in [6.07, 6.45) is -2.11. The van der Waals surface area contributed by atoms with Crippen LogP contribution in [0.2, 0.25) is 0 Å². The third kappa shape index (κ3) is 1.95. The summed E-state index contributed by atoms with van der Waals surface area (Å²) in [5.41, 5.74) is -2.08. The molecule has 0 aromatic carbocycles. The van der Waals surface area contributed by atoms with Gasteiger partial charge in [-0.2, -0.15) is 0 Å². The summed E-state index contributed by atoms with van der Waals surface area (Å²) in [6.45, 7) is 1.26. The van der Waals surface area contributed by atoms with E-state index in [1.165, 1.54) is 6.92 Å². The smallest absolute Gasteiger partial charge is 0.298 e. The average molecular weight is 216 g/mol. The lowest BCUT2D eigenvalue weighted by Gasteiger charge is -2.06. The first-order valence-electron chi connectivity index (χ1n) is 3.86. The lowest BCUT2D eigenvalue weighted by atomic mass is 10.1. The molecule has 80 valence electrons. The quantitative estimate of drug-likeness (QED) is 0.440. The van der Waals surface area contributed by atoms with Crippen LogP contribution in [0.1, 0.15) is 28.0 Å². The number of alkyl halides is 2. The highest BCUT2D eigenvalue weighted by molar-refractivity contribution is 5.83. The molecule has 7 heteroatoms. The Morgan fingerprint density at radius 1 is 1.60 bits per heavy atom. The summed E-state index contributed by atoms with van der Waals surface area (Å²) in [6, 6.07) is 0. The summed E-state index contributed by atoms with van der Waals surface area (Å²) in [7, 11) is 0. The second kappa shape index (κ2) is 4.07. The first-order valence-corrected chi connectivity index (χ1v) is 3.86. The van der Waals surface area contributed by atoms with Crippen LogP contribution >= 0.6 is 0 Å². The van der Waals surface area contributed by atoms with Crippen LogP contribution < -0.4 is 0 Å². The number of carbonyl (C=O) groups excluding carboxylic acids is 1. The zero-order chi connectivity index (χ0) is 11.6. The second-order valence-corrected chi connectivity index (χ2v) is 2.73. The number of rotatable bonds is 3. The fourth-order valence-corrected chi connectivity index (χ4v) is 1.17. The largest absolute Gasteiger partial charge is 0.298 e. The highest BCUT2D eigenvalue weighted by Gasteiger charge is 2.25. The van der Waals surface area contributed by atoms with Gasteiger partial charge in [-0.25, -0.2) is 8.78 Å². The van der Waals surface area contributed by atoms with E-state index in [1.54, 1.807) is 0 Å². The lowest BCUT2D eigenvalue weighted by Crippen LogP contribution is -2.04. The molecule has 1 rings (SSSR count). The van der Waals surface area contributed by atoms with Crippen molar-refractivity contribution in [3.05, 3.63) is 33.1 Å². The third-order valence-electron chi connectivity index (χ3n) is 1.87. The summed E-state index contributed by atoms with van der Waals surface area (Å²) < 4.78 is 25.0. The number of carbonyl (C=O) groups is 1. The van der Waals surface area contributed by atoms with E-state index < -0.39 is 28.2 Å². The molecule has 0 radical (unpaired) electrons. The van der Waals surface area contributed by atoms with Gasteiger partial charge >= 0.3 is 0 Å². The molecule has 1 aromatic heterocycles. The van der Waals surface area contributed by atoms with Crippen molar-refractivity contribution in [2.24, 2.45) is 0 Å². The van der Waals surface area contributed by atoms with Crippen molar-refractivity contribution >= 4 is 12.0 Å². The SMILES string of the molecule is Cc1ncc([N+](=O)[O-])c(C=O)c1C(F)F. The molecule has 0 atom stereocenters. The maximum absolute atomic E-state index is 12.5. The highest BCUT2D eigenvalue weighted by Crippen LogP contribution is 2.29. The molecular formula is C8H6F2N2O3. The van der Waals surface area contributed by atoms with Crippen molar-refractivity contribution in [3.63, 3.8) is 0 Å². The number of pyridine rings is 1. The van der Waals surface area contributed by atoms with Gasteiger partial charge in [-0.15, -0.1) is 0 Å². The summed E-state index contributed by atoms with van der Waals surface area (Å²) in [5, 5.41) is 10.4. The Morgan fingerprint density at radius 3 is 2.60 bits per heavy atom. The number of nitrogens with zero attached hydrogens (tertiary/aromatic N) is 2. The highest BCUT2D eigenvalue weighted by atomic mass is 19.3. The van der Waals surface area contributed by atoms with E-state index in [0.29, 0.717) is 0 Å². The Hall–Kier alpha value is -1.92. The first-order chi connectivity index (χ1) is 6.99. The van der Waals surface area contributed by atoms with Gasteiger partial charge in [-0.05, 0) is 6.92 Å². The molecule has 0 spiro atoms. The predicted octanol–water partition coefficient (Wildman–Crippen LogP) is 2.05. The summed E-state index contributed by atoms with van der Waals surface area (Å²) >= 11 is 0. The van der Waals surface area contributed by atoms with Gasteiger partial charge < -0.3 is 0 Å². The average Bonchev–Trinajstić information content (AvgIpc) is 2.15. The fraction of sp³-hybridized carbons (Fsp3) is 0.250. The molecule has 0 aliphatic rings. The van der Waals surface area contributed by atoms with Gasteiger partial charge in [0.05, 0.1) is 10.5 Å². The van der Waals surface area contributed by atoms with Crippen LogP contribution in [0.3, 0.4) is 0 Å². The maximum atomic E-state index is 12.5. The van der Waals surface area contributed by atoms with E-state index in [1.807, 2.05) is 0 Å². The number of hydrogen-bond acceptors (Lipinski definition) is 4. The Balaban J connectivity index is 3.54. The van der Waals surface area contributed by atoms with Gasteiger partial charge in [0.15, 0.2) is 6.29 Å². The molecule has 0 amide bonds. The molecule has 0 fully saturated rings. The van der Waals surface area contributed by atoms with E-state index in [-0.39, 0.29) is 12.0 Å². The number of aromatic nitrogens is 1. The van der Waals surface area contributed by atoms with Crippen molar-refractivity contribution in [1.29, 1.82) is 0 Å². The molecule has 0 aliphatic heterocycles. The zero-order valence-corrected chi connectivity index (χ0v) is 7.61. The monoisotopic (exact) mass is 216 g/mol. The Morgan fingerprint density at radius 2 is 2.20 bits per heavy atom. The van der Waals surface area contributed by atoms with Crippen molar-refractivity contribution < 1.29 is 18.5 Å². The molecule has 15 heavy (non-hydrogen) atoms. The van der Waals surface area contributed by atoms with Gasteiger partial charge in [0.2, 0.25) is 0 Å². The molecule has 0 unspecified atom stereocenters. The molecule has 1 aromatic rings. The van der Waals surface area contributed by atoms with E-state index in [2.05, 4.69) is 4.98 Å². The van der Waals surface area contributed by atoms with Crippen LogP contribution in [0.15, 0.2) is 6.20 Å². The van der Waals surface area contributed by atoms with Gasteiger partial charge in [-0.3, -0.25) is 19.9 Å². The van der Waals surface area contributed by atoms with Crippen molar-refractivity contribution in [3.8, 4) is 0 Å². The molecule has 1 heterocycles. The number of aldehydes is 1. The zero-order valence-electron chi connectivity index (χ0n) is 7.61. The van der Waals surface area contributed by atoms with Gasteiger partial charge in [-0.1, -0.05) is 0 Å². The molecule has 5 nitrogen and oxygen atoms in total. The van der Waals surface area contributed by atoms with Crippen molar-refractivity contribution in [2.45, 2.75) is 13.3 Å². The van der Waals surface area contributed by atoms with E-state index in [9.17, 15) is 23.7 Å². The molecule has 0 N–H and O–H groups in total. The van der Waals surface area contributed by atoms with Crippen molar-refractivity contribution in [1.82, 2.24) is 4.98 Å². The fourth-order valence-electron chi connectivity index (χ4n) is 1.17. The Kier molecular flexibility index (Phi) is 3.03. The molecule has 0 saturated heterocycles. The predicted molar refractivity (Wildman–Crippen MR) is 46.0 cm³/mol. The molecule has 0 bridgehead atoms. The van der Waals surface area contributed by atoms with Crippen LogP contribution in [0.5, 0.6) is 0 Å².